The van der Waals surface area contributed by atoms with Crippen LogP contribution in [-0.4, -0.2) is 40.7 Å². The van der Waals surface area contributed by atoms with E-state index in [9.17, 15) is 9.90 Å². The maximum Gasteiger partial charge on any atom is 0.263 e. The van der Waals surface area contributed by atoms with Crippen molar-refractivity contribution >= 4 is 5.91 Å². The van der Waals surface area contributed by atoms with Gasteiger partial charge in [-0.2, -0.15) is 0 Å². The van der Waals surface area contributed by atoms with E-state index in [0.29, 0.717) is 25.9 Å². The van der Waals surface area contributed by atoms with Gasteiger partial charge in [-0.1, -0.05) is 12.1 Å². The Kier molecular flexibility index (Phi) is 4.33. The second-order valence-electron chi connectivity index (χ2n) is 5.90. The van der Waals surface area contributed by atoms with Gasteiger partial charge in [-0.05, 0) is 51.3 Å². The molecule has 1 aliphatic rings. The summed E-state index contributed by atoms with van der Waals surface area (Å²) in [7, 11) is 0. The molecule has 0 spiro atoms. The Morgan fingerprint density at radius 3 is 2.65 bits per heavy atom. The number of benzene rings is 1. The molecule has 0 aromatic heterocycles. The molecule has 110 valence electrons. The smallest absolute Gasteiger partial charge is 0.263 e. The number of likely N-dealkylation sites (tertiary alicyclic amines) is 1. The van der Waals surface area contributed by atoms with Gasteiger partial charge in [0.15, 0.2) is 6.10 Å². The second-order valence-corrected chi connectivity index (χ2v) is 5.90. The third-order valence-corrected chi connectivity index (χ3v) is 3.80. The lowest BCUT2D eigenvalue weighted by Crippen LogP contribution is -2.49. The van der Waals surface area contributed by atoms with Gasteiger partial charge < -0.3 is 14.7 Å². The van der Waals surface area contributed by atoms with Crippen molar-refractivity contribution in [2.75, 3.05) is 13.1 Å². The number of nitrogens with zero attached hydrogens (tertiary/aromatic N) is 1. The fourth-order valence-corrected chi connectivity index (χ4v) is 2.41. The lowest BCUT2D eigenvalue weighted by atomic mass is 9.93. The van der Waals surface area contributed by atoms with Crippen LogP contribution in [0.1, 0.15) is 32.3 Å². The van der Waals surface area contributed by atoms with Crippen molar-refractivity contribution in [3.63, 3.8) is 0 Å². The third-order valence-electron chi connectivity index (χ3n) is 3.80. The van der Waals surface area contributed by atoms with Crippen LogP contribution in [0.5, 0.6) is 5.75 Å². The maximum atomic E-state index is 12.3. The fraction of sp³-hybridized carbons (Fsp3) is 0.562. The molecule has 0 aliphatic carbocycles. The summed E-state index contributed by atoms with van der Waals surface area (Å²) in [5, 5.41) is 9.91. The molecular weight excluding hydrogens is 254 g/mol. The van der Waals surface area contributed by atoms with Crippen molar-refractivity contribution in [1.29, 1.82) is 0 Å². The standard InChI is InChI=1S/C16H23NO3/c1-12-5-4-6-14(11-12)20-13(2)15(18)17-9-7-16(3,19)8-10-17/h4-6,11,13,19H,7-10H2,1-3H3. The predicted octanol–water partition coefficient (Wildman–Crippen LogP) is 2.14. The van der Waals surface area contributed by atoms with Crippen LogP contribution in [-0.2, 0) is 4.79 Å². The SMILES string of the molecule is Cc1cccc(OC(C)C(=O)N2CCC(C)(O)CC2)c1. The highest BCUT2D eigenvalue weighted by molar-refractivity contribution is 5.81. The average molecular weight is 277 g/mol. The first-order chi connectivity index (χ1) is 9.37. The van der Waals surface area contributed by atoms with Crippen LogP contribution in [0.2, 0.25) is 0 Å². The van der Waals surface area contributed by atoms with E-state index in [-0.39, 0.29) is 5.91 Å². The fourth-order valence-electron chi connectivity index (χ4n) is 2.41. The number of piperidine rings is 1. The van der Waals surface area contributed by atoms with Crippen LogP contribution in [0.25, 0.3) is 0 Å². The summed E-state index contributed by atoms with van der Waals surface area (Å²) < 4.78 is 5.71. The van der Waals surface area contributed by atoms with Crippen molar-refractivity contribution in [2.24, 2.45) is 0 Å². The maximum absolute atomic E-state index is 12.3. The summed E-state index contributed by atoms with van der Waals surface area (Å²) in [5.74, 6) is 0.705. The molecule has 1 fully saturated rings. The number of ether oxygens (including phenoxy) is 1. The number of amides is 1. The number of carbonyl (C=O) groups is 1. The van der Waals surface area contributed by atoms with E-state index < -0.39 is 11.7 Å². The van der Waals surface area contributed by atoms with Crippen molar-refractivity contribution < 1.29 is 14.6 Å². The minimum atomic E-state index is -0.641. The van der Waals surface area contributed by atoms with Gasteiger partial charge in [0, 0.05) is 13.1 Å². The Morgan fingerprint density at radius 2 is 2.05 bits per heavy atom. The van der Waals surface area contributed by atoms with Crippen LogP contribution in [0.3, 0.4) is 0 Å². The zero-order valence-corrected chi connectivity index (χ0v) is 12.4. The first-order valence-electron chi connectivity index (χ1n) is 7.12. The molecule has 1 heterocycles. The number of aliphatic hydroxyl groups is 1. The van der Waals surface area contributed by atoms with Gasteiger partial charge in [-0.3, -0.25) is 4.79 Å². The lowest BCUT2D eigenvalue weighted by Gasteiger charge is -2.36. The summed E-state index contributed by atoms with van der Waals surface area (Å²) in [4.78, 5) is 14.1. The highest BCUT2D eigenvalue weighted by Crippen LogP contribution is 2.22. The van der Waals surface area contributed by atoms with E-state index in [2.05, 4.69) is 0 Å². The highest BCUT2D eigenvalue weighted by atomic mass is 16.5. The first-order valence-corrected chi connectivity index (χ1v) is 7.12. The molecule has 1 aromatic rings. The Morgan fingerprint density at radius 1 is 1.40 bits per heavy atom. The number of rotatable bonds is 3. The zero-order valence-electron chi connectivity index (χ0n) is 12.4. The van der Waals surface area contributed by atoms with Crippen LogP contribution in [0.15, 0.2) is 24.3 Å². The van der Waals surface area contributed by atoms with Crippen LogP contribution < -0.4 is 4.74 Å². The first kappa shape index (κ1) is 14.9. The van der Waals surface area contributed by atoms with Crippen LogP contribution >= 0.6 is 0 Å². The molecule has 0 bridgehead atoms. The quantitative estimate of drug-likeness (QED) is 0.921. The summed E-state index contributed by atoms with van der Waals surface area (Å²) >= 11 is 0. The number of hydrogen-bond acceptors (Lipinski definition) is 3. The van der Waals surface area contributed by atoms with Gasteiger partial charge in [0.05, 0.1) is 5.60 Å². The van der Waals surface area contributed by atoms with Gasteiger partial charge in [-0.25, -0.2) is 0 Å². The molecule has 1 saturated heterocycles. The van der Waals surface area contributed by atoms with E-state index in [1.54, 1.807) is 11.8 Å². The van der Waals surface area contributed by atoms with E-state index in [1.807, 2.05) is 38.1 Å². The second kappa shape index (κ2) is 5.83. The minimum Gasteiger partial charge on any atom is -0.481 e. The third kappa shape index (κ3) is 3.73. The molecule has 1 aliphatic heterocycles. The Hall–Kier alpha value is -1.55. The molecule has 1 aromatic carbocycles. The van der Waals surface area contributed by atoms with Crippen molar-refractivity contribution in [2.45, 2.75) is 45.3 Å². The summed E-state index contributed by atoms with van der Waals surface area (Å²) in [6, 6.07) is 7.69. The van der Waals surface area contributed by atoms with Gasteiger partial charge in [0.25, 0.3) is 5.91 Å². The van der Waals surface area contributed by atoms with Crippen LogP contribution in [0, 0.1) is 6.92 Å². The number of aryl methyl sites for hydroxylation is 1. The van der Waals surface area contributed by atoms with E-state index in [1.165, 1.54) is 0 Å². The van der Waals surface area contributed by atoms with Gasteiger partial charge in [0.2, 0.25) is 0 Å². The molecule has 2 rings (SSSR count). The van der Waals surface area contributed by atoms with Gasteiger partial charge >= 0.3 is 0 Å². The average Bonchev–Trinajstić information content (AvgIpc) is 2.38. The largest absolute Gasteiger partial charge is 0.481 e. The topological polar surface area (TPSA) is 49.8 Å². The lowest BCUT2D eigenvalue weighted by molar-refractivity contribution is -0.141. The summed E-state index contributed by atoms with van der Waals surface area (Å²) in [5.41, 5.74) is 0.466. The van der Waals surface area contributed by atoms with Crippen molar-refractivity contribution in [3.8, 4) is 5.75 Å². The summed E-state index contributed by atoms with van der Waals surface area (Å²) in [6.07, 6.45) is 0.742. The number of hydrogen-bond donors (Lipinski definition) is 1. The molecule has 1 atom stereocenters. The Bertz CT molecular complexity index is 474. The van der Waals surface area contributed by atoms with Gasteiger partial charge in [-0.15, -0.1) is 0 Å². The summed E-state index contributed by atoms with van der Waals surface area (Å²) in [6.45, 7) is 6.77. The molecule has 0 saturated carbocycles. The Balaban J connectivity index is 1.92. The van der Waals surface area contributed by atoms with E-state index in [0.717, 1.165) is 11.3 Å². The van der Waals surface area contributed by atoms with E-state index in [4.69, 9.17) is 4.74 Å². The molecular formula is C16H23NO3. The van der Waals surface area contributed by atoms with Crippen molar-refractivity contribution in [1.82, 2.24) is 4.90 Å². The van der Waals surface area contributed by atoms with Crippen molar-refractivity contribution in [3.05, 3.63) is 29.8 Å². The Labute approximate surface area is 120 Å². The number of carbonyl (C=O) groups excluding carboxylic acids is 1. The predicted molar refractivity (Wildman–Crippen MR) is 77.7 cm³/mol. The monoisotopic (exact) mass is 277 g/mol. The molecule has 4 heteroatoms. The van der Waals surface area contributed by atoms with E-state index >= 15 is 0 Å². The molecule has 0 radical (unpaired) electrons. The molecule has 1 N–H and O–H groups in total. The zero-order chi connectivity index (χ0) is 14.8. The molecule has 1 unspecified atom stereocenters. The van der Waals surface area contributed by atoms with Gasteiger partial charge in [0.1, 0.15) is 5.75 Å². The normalized spacial score (nSPS) is 19.5. The molecule has 1 amide bonds. The molecule has 4 nitrogen and oxygen atoms in total. The highest BCUT2D eigenvalue weighted by Gasteiger charge is 2.31. The van der Waals surface area contributed by atoms with Crippen LogP contribution in [0.4, 0.5) is 0 Å². The minimum absolute atomic E-state index is 0.0120. The molecule has 20 heavy (non-hydrogen) atoms.